The Hall–Kier alpha value is -3.58. The molecule has 146 valence electrons. The van der Waals surface area contributed by atoms with E-state index in [-0.39, 0.29) is 12.2 Å². The van der Waals surface area contributed by atoms with Crippen LogP contribution in [0, 0.1) is 0 Å². The van der Waals surface area contributed by atoms with Gasteiger partial charge in [-0.3, -0.25) is 0 Å². The van der Waals surface area contributed by atoms with E-state index >= 15 is 0 Å². The molecule has 2 aromatic heterocycles. The molecule has 2 heterocycles. The number of aromatic nitrogens is 3. The first kappa shape index (κ1) is 18.8. The highest BCUT2D eigenvalue weighted by Gasteiger charge is 2.11. The maximum absolute atomic E-state index is 11.1. The molecule has 0 amide bonds. The minimum absolute atomic E-state index is 0.172. The predicted molar refractivity (Wildman–Crippen MR) is 108 cm³/mol. The molecule has 0 atom stereocenters. The van der Waals surface area contributed by atoms with Gasteiger partial charge >= 0.3 is 5.97 Å². The number of rotatable bonds is 6. The van der Waals surface area contributed by atoms with Crippen LogP contribution in [0.5, 0.6) is 17.2 Å². The highest BCUT2D eigenvalue weighted by molar-refractivity contribution is 6.29. The van der Waals surface area contributed by atoms with Crippen molar-refractivity contribution in [2.75, 3.05) is 0 Å². The maximum atomic E-state index is 11.1. The van der Waals surface area contributed by atoms with Crippen LogP contribution in [0.25, 0.3) is 11.0 Å². The molecule has 0 unspecified atom stereocenters. The summed E-state index contributed by atoms with van der Waals surface area (Å²) in [5.41, 5.74) is 1.85. The molecule has 2 aromatic carbocycles. The van der Waals surface area contributed by atoms with Crippen molar-refractivity contribution < 1.29 is 19.4 Å². The average Bonchev–Trinajstić information content (AvgIpc) is 3.04. The number of aryl methyl sites for hydroxylation is 1. The summed E-state index contributed by atoms with van der Waals surface area (Å²) in [5.74, 6) is 1.40. The molecule has 0 saturated heterocycles. The zero-order valence-electron chi connectivity index (χ0n) is 15.4. The van der Waals surface area contributed by atoms with Crippen LogP contribution in [0.4, 0.5) is 0 Å². The number of halogens is 1. The van der Waals surface area contributed by atoms with Crippen LogP contribution in [-0.2, 0) is 13.7 Å². The second-order valence-corrected chi connectivity index (χ2v) is 6.67. The molecule has 8 heteroatoms. The fourth-order valence-corrected chi connectivity index (χ4v) is 2.95. The lowest BCUT2D eigenvalue weighted by Crippen LogP contribution is -2.04. The lowest BCUT2D eigenvalue weighted by atomic mass is 10.2. The van der Waals surface area contributed by atoms with Crippen LogP contribution >= 0.6 is 11.6 Å². The van der Waals surface area contributed by atoms with E-state index < -0.39 is 5.97 Å². The number of hydrogen-bond acceptors (Lipinski definition) is 5. The van der Waals surface area contributed by atoms with Gasteiger partial charge in [0.15, 0.2) is 0 Å². The van der Waals surface area contributed by atoms with Crippen LogP contribution in [0.15, 0.2) is 60.8 Å². The molecule has 29 heavy (non-hydrogen) atoms. The van der Waals surface area contributed by atoms with E-state index in [2.05, 4.69) is 9.97 Å². The Kier molecular flexibility index (Phi) is 5.05. The van der Waals surface area contributed by atoms with E-state index in [9.17, 15) is 4.79 Å². The fourth-order valence-electron chi connectivity index (χ4n) is 2.84. The van der Waals surface area contributed by atoms with Gasteiger partial charge in [0.05, 0.1) is 22.8 Å². The summed E-state index contributed by atoms with van der Waals surface area (Å²) in [6, 6.07) is 15.3. The van der Waals surface area contributed by atoms with Gasteiger partial charge in [0.25, 0.3) is 0 Å². The van der Waals surface area contributed by atoms with Crippen molar-refractivity contribution in [1.82, 2.24) is 14.5 Å². The molecule has 1 N–H and O–H groups in total. The number of hydrogen-bond donors (Lipinski definition) is 1. The van der Waals surface area contributed by atoms with Gasteiger partial charge in [-0.25, -0.2) is 14.8 Å². The molecule has 0 bridgehead atoms. The third-order valence-electron chi connectivity index (χ3n) is 4.33. The van der Waals surface area contributed by atoms with Gasteiger partial charge < -0.3 is 19.1 Å². The Labute approximate surface area is 171 Å². The van der Waals surface area contributed by atoms with Crippen molar-refractivity contribution in [1.29, 1.82) is 0 Å². The number of nitrogens with zero attached hydrogens (tertiary/aromatic N) is 3. The Morgan fingerprint density at radius 2 is 1.93 bits per heavy atom. The average molecular weight is 410 g/mol. The Balaban J connectivity index is 1.53. The topological polar surface area (TPSA) is 86.5 Å². The monoisotopic (exact) mass is 409 g/mol. The summed E-state index contributed by atoms with van der Waals surface area (Å²) in [7, 11) is 1.88. The van der Waals surface area contributed by atoms with Gasteiger partial charge in [-0.2, -0.15) is 0 Å². The minimum Gasteiger partial charge on any atom is -0.486 e. The van der Waals surface area contributed by atoms with Gasteiger partial charge in [-0.15, -0.1) is 0 Å². The molecule has 0 spiro atoms. The summed E-state index contributed by atoms with van der Waals surface area (Å²) in [5, 5.41) is 9.49. The molecule has 0 saturated carbocycles. The first-order valence-corrected chi connectivity index (χ1v) is 9.08. The molecule has 0 fully saturated rings. The zero-order chi connectivity index (χ0) is 20.4. The van der Waals surface area contributed by atoms with Gasteiger partial charge in [0, 0.05) is 13.1 Å². The molecule has 0 radical (unpaired) electrons. The standard InChI is InChI=1S/C21H16ClN3O4/c1-25-18-10-15(29-16-6-8-19(22)23-11-16)5-7-17(18)24-20(25)12-28-14-4-2-3-13(9-14)21(26)27/h2-11H,12H2,1H3,(H,26,27). The van der Waals surface area contributed by atoms with E-state index in [4.69, 9.17) is 26.2 Å². The Morgan fingerprint density at radius 1 is 1.10 bits per heavy atom. The quantitative estimate of drug-likeness (QED) is 0.465. The number of carboxylic acid groups (broad SMARTS) is 1. The number of aromatic carboxylic acids is 1. The first-order chi connectivity index (χ1) is 14.0. The number of fused-ring (bicyclic) bond motifs is 1. The third kappa shape index (κ3) is 4.14. The third-order valence-corrected chi connectivity index (χ3v) is 4.55. The summed E-state index contributed by atoms with van der Waals surface area (Å²) < 4.78 is 13.5. The van der Waals surface area contributed by atoms with Crippen molar-refractivity contribution in [2.45, 2.75) is 6.61 Å². The minimum atomic E-state index is -0.999. The van der Waals surface area contributed by atoms with E-state index in [1.165, 1.54) is 12.1 Å². The predicted octanol–water partition coefficient (Wildman–Crippen LogP) is 4.69. The van der Waals surface area contributed by atoms with Crippen molar-refractivity contribution in [3.63, 3.8) is 0 Å². The Bertz CT molecular complexity index is 1190. The Morgan fingerprint density at radius 3 is 2.69 bits per heavy atom. The van der Waals surface area contributed by atoms with Gasteiger partial charge in [-0.05, 0) is 42.5 Å². The fraction of sp³-hybridized carbons (Fsp3) is 0.0952. The van der Waals surface area contributed by atoms with Crippen LogP contribution < -0.4 is 9.47 Å². The van der Waals surface area contributed by atoms with Crippen molar-refractivity contribution in [3.8, 4) is 17.2 Å². The van der Waals surface area contributed by atoms with Gasteiger partial charge in [0.1, 0.15) is 34.8 Å². The lowest BCUT2D eigenvalue weighted by molar-refractivity contribution is 0.0696. The second kappa shape index (κ2) is 7.81. The van der Waals surface area contributed by atoms with Crippen LogP contribution in [0.3, 0.4) is 0 Å². The van der Waals surface area contributed by atoms with Crippen LogP contribution in [0.1, 0.15) is 16.2 Å². The number of carbonyl (C=O) groups is 1. The number of benzene rings is 2. The molecule has 4 rings (SSSR count). The maximum Gasteiger partial charge on any atom is 0.335 e. The number of pyridine rings is 1. The molecule has 0 aliphatic rings. The highest BCUT2D eigenvalue weighted by Crippen LogP contribution is 2.26. The zero-order valence-corrected chi connectivity index (χ0v) is 16.1. The summed E-state index contributed by atoms with van der Waals surface area (Å²) in [6.07, 6.45) is 1.56. The number of carboxylic acids is 1. The van der Waals surface area contributed by atoms with Gasteiger partial charge in [0.2, 0.25) is 0 Å². The largest absolute Gasteiger partial charge is 0.486 e. The smallest absolute Gasteiger partial charge is 0.335 e. The van der Waals surface area contributed by atoms with Crippen molar-refractivity contribution in [2.24, 2.45) is 7.05 Å². The highest BCUT2D eigenvalue weighted by atomic mass is 35.5. The lowest BCUT2D eigenvalue weighted by Gasteiger charge is -2.08. The SMILES string of the molecule is Cn1c(COc2cccc(C(=O)O)c2)nc2ccc(Oc3ccc(Cl)nc3)cc21. The molecular formula is C21H16ClN3O4. The summed E-state index contributed by atoms with van der Waals surface area (Å²) >= 11 is 5.80. The van der Waals surface area contributed by atoms with Crippen LogP contribution in [0.2, 0.25) is 5.15 Å². The molecule has 0 aliphatic carbocycles. The van der Waals surface area contributed by atoms with E-state index in [0.29, 0.717) is 28.2 Å². The second-order valence-electron chi connectivity index (χ2n) is 6.28. The number of imidazole rings is 1. The normalized spacial score (nSPS) is 10.8. The molecule has 0 aliphatic heterocycles. The molecular weight excluding hydrogens is 394 g/mol. The van der Waals surface area contributed by atoms with E-state index in [1.807, 2.05) is 29.8 Å². The van der Waals surface area contributed by atoms with Gasteiger partial charge in [-0.1, -0.05) is 17.7 Å². The van der Waals surface area contributed by atoms with Crippen LogP contribution in [-0.4, -0.2) is 25.6 Å². The summed E-state index contributed by atoms with van der Waals surface area (Å²) in [4.78, 5) is 19.7. The molecule has 7 nitrogen and oxygen atoms in total. The molecule has 4 aromatic rings. The number of ether oxygens (including phenoxy) is 2. The van der Waals surface area contributed by atoms with E-state index in [1.54, 1.807) is 30.5 Å². The van der Waals surface area contributed by atoms with Crippen molar-refractivity contribution >= 4 is 28.6 Å². The van der Waals surface area contributed by atoms with Crippen molar-refractivity contribution in [3.05, 3.63) is 77.3 Å². The summed E-state index contributed by atoms with van der Waals surface area (Å²) in [6.45, 7) is 0.200. The first-order valence-electron chi connectivity index (χ1n) is 8.70. The van der Waals surface area contributed by atoms with E-state index in [0.717, 1.165) is 11.0 Å².